The van der Waals surface area contributed by atoms with E-state index in [-0.39, 0.29) is 28.4 Å². The number of rotatable bonds is 5. The number of aromatic nitrogens is 3. The number of nitrogens with zero attached hydrogens (tertiary/aromatic N) is 3. The number of imidazole rings is 1. The molecule has 27 heavy (non-hydrogen) atoms. The minimum Gasteiger partial charge on any atom is -0.376 e. The highest BCUT2D eigenvalue weighted by atomic mass is 19.4. The Hall–Kier alpha value is -3.50. The Labute approximate surface area is 149 Å². The SMILES string of the molecule is N=C(c1cnc(C(N)=O)cc1NCC(F)(F)F)c1cnc2ccc(F)cn12. The number of carbonyl (C=O) groups excluding carboxylic acids is 1. The largest absolute Gasteiger partial charge is 0.405 e. The van der Waals surface area contributed by atoms with Gasteiger partial charge in [0, 0.05) is 23.6 Å². The second-order valence-corrected chi connectivity index (χ2v) is 5.54. The van der Waals surface area contributed by atoms with Gasteiger partial charge in [0.25, 0.3) is 5.91 Å². The molecule has 11 heteroatoms. The second-order valence-electron chi connectivity index (χ2n) is 5.54. The maximum atomic E-state index is 13.5. The van der Waals surface area contributed by atoms with Crippen LogP contribution in [0.5, 0.6) is 0 Å². The van der Waals surface area contributed by atoms with Crippen molar-refractivity contribution in [3.8, 4) is 0 Å². The molecule has 0 unspecified atom stereocenters. The van der Waals surface area contributed by atoms with Gasteiger partial charge in [0.05, 0.1) is 17.6 Å². The van der Waals surface area contributed by atoms with E-state index in [0.29, 0.717) is 5.65 Å². The molecule has 7 nitrogen and oxygen atoms in total. The van der Waals surface area contributed by atoms with Crippen LogP contribution in [0.3, 0.4) is 0 Å². The summed E-state index contributed by atoms with van der Waals surface area (Å²) in [4.78, 5) is 19.1. The van der Waals surface area contributed by atoms with Gasteiger partial charge in [0.15, 0.2) is 0 Å². The van der Waals surface area contributed by atoms with Gasteiger partial charge in [0.1, 0.15) is 23.7 Å². The first-order valence-electron chi connectivity index (χ1n) is 7.48. The normalized spacial score (nSPS) is 11.6. The Morgan fingerprint density at radius 1 is 1.26 bits per heavy atom. The number of nitrogens with one attached hydrogen (secondary N) is 2. The van der Waals surface area contributed by atoms with E-state index in [1.54, 1.807) is 0 Å². The van der Waals surface area contributed by atoms with E-state index in [4.69, 9.17) is 11.1 Å². The van der Waals surface area contributed by atoms with E-state index in [2.05, 4.69) is 15.3 Å². The molecule has 0 atom stereocenters. The smallest absolute Gasteiger partial charge is 0.376 e. The molecular weight excluding hydrogens is 368 g/mol. The number of nitrogens with two attached hydrogens (primary N) is 1. The van der Waals surface area contributed by atoms with Gasteiger partial charge >= 0.3 is 6.18 Å². The summed E-state index contributed by atoms with van der Waals surface area (Å²) in [6.07, 6.45) is -1.09. The van der Waals surface area contributed by atoms with Gasteiger partial charge in [-0.15, -0.1) is 0 Å². The third-order valence-electron chi connectivity index (χ3n) is 3.63. The van der Waals surface area contributed by atoms with Gasteiger partial charge in [-0.05, 0) is 18.2 Å². The molecule has 140 valence electrons. The first-order chi connectivity index (χ1) is 12.7. The van der Waals surface area contributed by atoms with Gasteiger partial charge in [-0.25, -0.2) is 9.37 Å². The molecule has 0 radical (unpaired) electrons. The zero-order valence-electron chi connectivity index (χ0n) is 13.5. The summed E-state index contributed by atoms with van der Waals surface area (Å²) in [7, 11) is 0. The van der Waals surface area contributed by atoms with Gasteiger partial charge in [-0.2, -0.15) is 13.2 Å². The lowest BCUT2D eigenvalue weighted by Gasteiger charge is -2.15. The molecule has 0 saturated heterocycles. The van der Waals surface area contributed by atoms with Crippen molar-refractivity contribution in [3.63, 3.8) is 0 Å². The molecule has 0 aromatic carbocycles. The summed E-state index contributed by atoms with van der Waals surface area (Å²) in [5.74, 6) is -1.51. The number of hydrogen-bond donors (Lipinski definition) is 3. The van der Waals surface area contributed by atoms with Crippen LogP contribution in [-0.4, -0.2) is 38.7 Å². The Morgan fingerprint density at radius 2 is 2.00 bits per heavy atom. The van der Waals surface area contributed by atoms with Crippen LogP contribution in [0.4, 0.5) is 23.2 Å². The van der Waals surface area contributed by atoms with Crippen molar-refractivity contribution in [1.82, 2.24) is 14.4 Å². The number of hydrogen-bond acceptors (Lipinski definition) is 5. The number of carbonyl (C=O) groups is 1. The lowest BCUT2D eigenvalue weighted by atomic mass is 10.1. The Balaban J connectivity index is 2.06. The van der Waals surface area contributed by atoms with Crippen molar-refractivity contribution in [2.75, 3.05) is 11.9 Å². The maximum Gasteiger partial charge on any atom is 0.405 e. The zero-order valence-corrected chi connectivity index (χ0v) is 13.5. The van der Waals surface area contributed by atoms with Crippen molar-refractivity contribution < 1.29 is 22.4 Å². The summed E-state index contributed by atoms with van der Waals surface area (Å²) in [6.45, 7) is -1.39. The van der Waals surface area contributed by atoms with Crippen LogP contribution >= 0.6 is 0 Å². The Morgan fingerprint density at radius 3 is 2.67 bits per heavy atom. The molecule has 0 aliphatic carbocycles. The van der Waals surface area contributed by atoms with E-state index in [0.717, 1.165) is 18.5 Å². The Kier molecular flexibility index (Phi) is 4.52. The monoisotopic (exact) mass is 380 g/mol. The number of amides is 1. The third-order valence-corrected chi connectivity index (χ3v) is 3.63. The molecule has 4 N–H and O–H groups in total. The lowest BCUT2D eigenvalue weighted by molar-refractivity contribution is -0.115. The van der Waals surface area contributed by atoms with E-state index >= 15 is 0 Å². The number of primary amides is 1. The molecule has 0 aliphatic heterocycles. The summed E-state index contributed by atoms with van der Waals surface area (Å²) in [6, 6.07) is 3.61. The molecule has 3 aromatic heterocycles. The molecule has 0 fully saturated rings. The Bertz CT molecular complexity index is 1040. The number of halogens is 4. The number of alkyl halides is 3. The molecule has 0 spiro atoms. The first kappa shape index (κ1) is 18.3. The quantitative estimate of drug-likeness (QED) is 0.466. The molecule has 0 aliphatic rings. The van der Waals surface area contributed by atoms with Crippen LogP contribution < -0.4 is 11.1 Å². The highest BCUT2D eigenvalue weighted by Gasteiger charge is 2.28. The topological polar surface area (TPSA) is 109 Å². The third kappa shape index (κ3) is 3.86. The number of pyridine rings is 2. The van der Waals surface area contributed by atoms with Crippen molar-refractivity contribution >= 4 is 23.0 Å². The predicted molar refractivity (Wildman–Crippen MR) is 88.4 cm³/mol. The number of anilines is 1. The van der Waals surface area contributed by atoms with Gasteiger partial charge < -0.3 is 11.1 Å². The van der Waals surface area contributed by atoms with Crippen LogP contribution in [0, 0.1) is 11.2 Å². The molecule has 3 rings (SSSR count). The van der Waals surface area contributed by atoms with Crippen LogP contribution in [0.1, 0.15) is 21.7 Å². The van der Waals surface area contributed by atoms with Crippen LogP contribution in [0.15, 0.2) is 36.8 Å². The fraction of sp³-hybridized carbons (Fsp3) is 0.125. The van der Waals surface area contributed by atoms with Crippen molar-refractivity contribution in [1.29, 1.82) is 5.41 Å². The summed E-state index contributed by atoms with van der Waals surface area (Å²) < 4.78 is 52.5. The fourth-order valence-electron chi connectivity index (χ4n) is 2.41. The van der Waals surface area contributed by atoms with Gasteiger partial charge in [-0.3, -0.25) is 19.6 Å². The minimum atomic E-state index is -4.53. The zero-order chi connectivity index (χ0) is 19.8. The van der Waals surface area contributed by atoms with E-state index in [9.17, 15) is 22.4 Å². The maximum absolute atomic E-state index is 13.5. The highest BCUT2D eigenvalue weighted by molar-refractivity contribution is 6.13. The summed E-state index contributed by atoms with van der Waals surface area (Å²) in [5.41, 5.74) is 4.88. The molecular formula is C16H12F4N6O. The average Bonchev–Trinajstić information content (AvgIpc) is 3.01. The molecule has 0 saturated carbocycles. The van der Waals surface area contributed by atoms with Crippen molar-refractivity contribution in [2.24, 2.45) is 5.73 Å². The molecule has 3 heterocycles. The fourth-order valence-corrected chi connectivity index (χ4v) is 2.41. The predicted octanol–water partition coefficient (Wildman–Crippen LogP) is 2.36. The van der Waals surface area contributed by atoms with Crippen molar-refractivity contribution in [2.45, 2.75) is 6.18 Å². The number of fused-ring (bicyclic) bond motifs is 1. The standard InChI is InChI=1S/C16H12F4N6O/c17-8-1-2-13-24-5-12(26(13)6-8)14(21)9-4-23-11(15(22)27)3-10(9)25-7-16(18,19)20/h1-6,21H,7H2,(H2,22,27)(H,23,25). The van der Waals surface area contributed by atoms with Crippen LogP contribution in [-0.2, 0) is 0 Å². The highest BCUT2D eigenvalue weighted by Crippen LogP contribution is 2.23. The van der Waals surface area contributed by atoms with E-state index < -0.39 is 24.4 Å². The van der Waals surface area contributed by atoms with Crippen LogP contribution in [0.2, 0.25) is 0 Å². The molecule has 0 bridgehead atoms. The van der Waals surface area contributed by atoms with E-state index in [1.807, 2.05) is 0 Å². The van der Waals surface area contributed by atoms with Gasteiger partial charge in [0.2, 0.25) is 0 Å². The average molecular weight is 380 g/mol. The van der Waals surface area contributed by atoms with E-state index in [1.165, 1.54) is 22.7 Å². The first-order valence-corrected chi connectivity index (χ1v) is 7.48. The summed E-state index contributed by atoms with van der Waals surface area (Å²) in [5, 5.41) is 10.5. The lowest BCUT2D eigenvalue weighted by Crippen LogP contribution is -2.23. The van der Waals surface area contributed by atoms with Gasteiger partial charge in [-0.1, -0.05) is 0 Å². The van der Waals surface area contributed by atoms with Crippen LogP contribution in [0.25, 0.3) is 5.65 Å². The minimum absolute atomic E-state index is 0.0321. The summed E-state index contributed by atoms with van der Waals surface area (Å²) >= 11 is 0. The molecule has 1 amide bonds. The van der Waals surface area contributed by atoms with Crippen molar-refractivity contribution in [3.05, 3.63) is 59.6 Å². The molecule has 3 aromatic rings. The second kappa shape index (κ2) is 6.67.